The quantitative estimate of drug-likeness (QED) is 0.531. The molecule has 0 heteroatoms. The Morgan fingerprint density at radius 1 is 1.22 bits per heavy atom. The van der Waals surface area contributed by atoms with E-state index in [1.807, 2.05) is 0 Å². The molecule has 0 N–H and O–H groups in total. The molecule has 0 aromatic heterocycles. The van der Waals surface area contributed by atoms with Crippen LogP contribution in [0, 0.1) is 23.2 Å². The molecule has 2 aliphatic rings. The molecular formula is C9H16. The minimum Gasteiger partial charge on any atom is -0.0654 e. The van der Waals surface area contributed by atoms with Crippen molar-refractivity contribution in [1.82, 2.24) is 0 Å². The fourth-order valence-electron chi connectivity index (χ4n) is 3.17. The Hall–Kier alpha value is 0. The van der Waals surface area contributed by atoms with E-state index in [4.69, 9.17) is 0 Å². The van der Waals surface area contributed by atoms with Gasteiger partial charge in [-0.2, -0.15) is 0 Å². The van der Waals surface area contributed by atoms with Crippen molar-refractivity contribution in [2.75, 3.05) is 0 Å². The number of hydrogen-bond acceptors (Lipinski definition) is 0. The number of fused-ring (bicyclic) bond motifs is 1. The van der Waals surface area contributed by atoms with Crippen LogP contribution in [0.15, 0.2) is 0 Å². The van der Waals surface area contributed by atoms with E-state index >= 15 is 0 Å². The summed E-state index contributed by atoms with van der Waals surface area (Å²) in [6, 6.07) is 0. The van der Waals surface area contributed by atoms with Gasteiger partial charge in [0.25, 0.3) is 0 Å². The van der Waals surface area contributed by atoms with Gasteiger partial charge in [-0.1, -0.05) is 27.2 Å². The van der Waals surface area contributed by atoms with E-state index in [2.05, 4.69) is 20.8 Å². The summed E-state index contributed by atoms with van der Waals surface area (Å²) in [6.07, 6.45) is 2.89. The first-order chi connectivity index (χ1) is 4.25. The molecule has 2 rings (SSSR count). The third-order valence-electron chi connectivity index (χ3n) is 3.86. The molecule has 0 heterocycles. The number of hydrogen-bond donors (Lipinski definition) is 0. The zero-order valence-corrected chi connectivity index (χ0v) is 6.65. The monoisotopic (exact) mass is 124 g/mol. The van der Waals surface area contributed by atoms with Crippen LogP contribution >= 0.6 is 0 Å². The van der Waals surface area contributed by atoms with Gasteiger partial charge in [-0.05, 0) is 29.6 Å². The van der Waals surface area contributed by atoms with Gasteiger partial charge in [0.2, 0.25) is 0 Å². The summed E-state index contributed by atoms with van der Waals surface area (Å²) in [6.45, 7) is 7.14. The Balaban J connectivity index is 1.96. The van der Waals surface area contributed by atoms with Crippen LogP contribution in [0.2, 0.25) is 0 Å². The molecule has 2 saturated carbocycles. The number of rotatable bonds is 2. The molecule has 0 radical (unpaired) electrons. The van der Waals surface area contributed by atoms with Crippen LogP contribution < -0.4 is 0 Å². The maximum absolute atomic E-state index is 2.42. The van der Waals surface area contributed by atoms with Crippen molar-refractivity contribution in [2.24, 2.45) is 23.2 Å². The third kappa shape index (κ3) is 0.426. The molecule has 0 amide bonds. The molecule has 2 aliphatic carbocycles. The Morgan fingerprint density at radius 3 is 1.89 bits per heavy atom. The van der Waals surface area contributed by atoms with Gasteiger partial charge in [-0.15, -0.1) is 0 Å². The lowest BCUT2D eigenvalue weighted by molar-refractivity contribution is 0.393. The second-order valence-electron chi connectivity index (χ2n) is 3.97. The normalized spacial score (nSPS) is 61.0. The first kappa shape index (κ1) is 5.76. The van der Waals surface area contributed by atoms with E-state index in [-0.39, 0.29) is 0 Å². The lowest BCUT2D eigenvalue weighted by atomic mass is 9.95. The van der Waals surface area contributed by atoms with E-state index in [1.165, 1.54) is 12.8 Å². The van der Waals surface area contributed by atoms with Gasteiger partial charge in [0, 0.05) is 0 Å². The van der Waals surface area contributed by atoms with Crippen molar-refractivity contribution < 1.29 is 0 Å². The summed E-state index contributed by atoms with van der Waals surface area (Å²) >= 11 is 0. The van der Waals surface area contributed by atoms with Crippen molar-refractivity contribution in [3.05, 3.63) is 0 Å². The molecule has 0 nitrogen and oxygen atoms in total. The van der Waals surface area contributed by atoms with Crippen molar-refractivity contribution in [3.63, 3.8) is 0 Å². The van der Waals surface area contributed by atoms with Gasteiger partial charge >= 0.3 is 0 Å². The molecule has 0 aliphatic heterocycles. The third-order valence-corrected chi connectivity index (χ3v) is 3.86. The fourth-order valence-corrected chi connectivity index (χ4v) is 3.17. The highest BCUT2D eigenvalue weighted by Gasteiger charge is 2.80. The van der Waals surface area contributed by atoms with Gasteiger partial charge in [-0.3, -0.25) is 0 Å². The van der Waals surface area contributed by atoms with Crippen molar-refractivity contribution in [2.45, 2.75) is 33.6 Å². The molecular weight excluding hydrogens is 108 g/mol. The molecule has 52 valence electrons. The predicted molar refractivity (Wildman–Crippen MR) is 39.2 cm³/mol. The van der Waals surface area contributed by atoms with Crippen molar-refractivity contribution in [1.29, 1.82) is 0 Å². The zero-order valence-electron chi connectivity index (χ0n) is 6.65. The average Bonchev–Trinajstić information content (AvgIpc) is 2.59. The maximum Gasteiger partial charge on any atom is -0.0207 e. The summed E-state index contributed by atoms with van der Waals surface area (Å²) in [5.41, 5.74) is 0.884. The zero-order chi connectivity index (χ0) is 6.65. The van der Waals surface area contributed by atoms with E-state index in [0.29, 0.717) is 0 Å². The van der Waals surface area contributed by atoms with Crippen LogP contribution in [0.4, 0.5) is 0 Å². The first-order valence-electron chi connectivity index (χ1n) is 4.25. The van der Waals surface area contributed by atoms with Gasteiger partial charge in [0.05, 0.1) is 0 Å². The standard InChI is InChI=1S/C9H16/c1-4-5-9-6(2)8(9)7(9)3/h6-8H,4-5H2,1-3H3. The van der Waals surface area contributed by atoms with E-state index in [0.717, 1.165) is 23.2 Å². The minimum absolute atomic E-state index is 0.884. The van der Waals surface area contributed by atoms with Crippen LogP contribution in [0.3, 0.4) is 0 Å². The minimum atomic E-state index is 0.884. The first-order valence-corrected chi connectivity index (χ1v) is 4.25. The van der Waals surface area contributed by atoms with E-state index in [1.54, 1.807) is 0 Å². The molecule has 0 saturated heterocycles. The average molecular weight is 124 g/mol. The van der Waals surface area contributed by atoms with Gasteiger partial charge in [0.15, 0.2) is 0 Å². The van der Waals surface area contributed by atoms with Gasteiger partial charge in [0.1, 0.15) is 0 Å². The topological polar surface area (TPSA) is 0 Å². The summed E-state index contributed by atoms with van der Waals surface area (Å²) in [7, 11) is 0. The molecule has 0 bridgehead atoms. The maximum atomic E-state index is 2.42. The molecule has 0 aromatic carbocycles. The Kier molecular flexibility index (Phi) is 0.868. The summed E-state index contributed by atoms with van der Waals surface area (Å²) in [5.74, 6) is 3.33. The molecule has 2 atom stereocenters. The van der Waals surface area contributed by atoms with Crippen molar-refractivity contribution >= 4 is 0 Å². The fraction of sp³-hybridized carbons (Fsp3) is 1.00. The SMILES string of the molecule is CCCC12C(C)C1C2C. The largest absolute Gasteiger partial charge is 0.0654 e. The molecule has 9 heavy (non-hydrogen) atoms. The Morgan fingerprint density at radius 2 is 1.78 bits per heavy atom. The van der Waals surface area contributed by atoms with Crippen LogP contribution in [0.1, 0.15) is 33.6 Å². The summed E-state index contributed by atoms with van der Waals surface area (Å²) < 4.78 is 0. The van der Waals surface area contributed by atoms with Crippen LogP contribution in [-0.2, 0) is 0 Å². The smallest absolute Gasteiger partial charge is 0.0207 e. The molecule has 2 fully saturated rings. The van der Waals surface area contributed by atoms with Crippen LogP contribution in [0.25, 0.3) is 0 Å². The van der Waals surface area contributed by atoms with Gasteiger partial charge < -0.3 is 0 Å². The highest BCUT2D eigenvalue weighted by molar-refractivity contribution is 5.27. The van der Waals surface area contributed by atoms with Gasteiger partial charge in [-0.25, -0.2) is 0 Å². The summed E-state index contributed by atoms with van der Waals surface area (Å²) in [4.78, 5) is 0. The molecule has 0 aromatic rings. The second kappa shape index (κ2) is 1.36. The lowest BCUT2D eigenvalue weighted by Gasteiger charge is -2.10. The highest BCUT2D eigenvalue weighted by Crippen LogP contribution is 2.85. The van der Waals surface area contributed by atoms with E-state index < -0.39 is 0 Å². The van der Waals surface area contributed by atoms with Crippen LogP contribution in [0.5, 0.6) is 0 Å². The predicted octanol–water partition coefficient (Wildman–Crippen LogP) is 2.69. The summed E-state index contributed by atoms with van der Waals surface area (Å²) in [5, 5.41) is 0. The Labute approximate surface area is 57.6 Å². The van der Waals surface area contributed by atoms with Crippen LogP contribution in [-0.4, -0.2) is 0 Å². The van der Waals surface area contributed by atoms with E-state index in [9.17, 15) is 0 Å². The lowest BCUT2D eigenvalue weighted by Crippen LogP contribution is -2.02. The second-order valence-corrected chi connectivity index (χ2v) is 3.97. The van der Waals surface area contributed by atoms with Crippen molar-refractivity contribution in [3.8, 4) is 0 Å². The Bertz CT molecular complexity index is 127. The molecule has 2 unspecified atom stereocenters. The molecule has 0 spiro atoms. The highest BCUT2D eigenvalue weighted by atomic mass is 14.8.